The summed E-state index contributed by atoms with van der Waals surface area (Å²) in [7, 11) is -0.177. The number of hydrogen-bond acceptors (Lipinski definition) is 4. The van der Waals surface area contributed by atoms with Crippen LogP contribution in [-0.4, -0.2) is 24.3 Å². The van der Waals surface area contributed by atoms with Crippen molar-refractivity contribution in [1.82, 2.24) is 0 Å². The first kappa shape index (κ1) is 15.3. The summed E-state index contributed by atoms with van der Waals surface area (Å²) < 4.78 is 23.9. The Balaban J connectivity index is 2.12. The lowest BCUT2D eigenvalue weighted by Crippen LogP contribution is -2.31. The van der Waals surface area contributed by atoms with Crippen LogP contribution in [0, 0.1) is 12.7 Å². The SMILES string of the molecule is COc1ccc(COc2ccc(C)c(F)c2)cc1B(O)O. The van der Waals surface area contributed by atoms with Gasteiger partial charge in [-0.3, -0.25) is 0 Å². The van der Waals surface area contributed by atoms with Gasteiger partial charge in [-0.25, -0.2) is 4.39 Å². The van der Waals surface area contributed by atoms with Crippen LogP contribution in [0.5, 0.6) is 11.5 Å². The topological polar surface area (TPSA) is 58.9 Å². The molecule has 0 aliphatic carbocycles. The van der Waals surface area contributed by atoms with Gasteiger partial charge in [0.1, 0.15) is 23.9 Å². The van der Waals surface area contributed by atoms with Crippen LogP contribution < -0.4 is 14.9 Å². The third-order valence-electron chi connectivity index (χ3n) is 3.12. The Hall–Kier alpha value is -2.05. The summed E-state index contributed by atoms with van der Waals surface area (Å²) in [4.78, 5) is 0. The van der Waals surface area contributed by atoms with Gasteiger partial charge in [0.15, 0.2) is 0 Å². The van der Waals surface area contributed by atoms with Crippen LogP contribution in [0.2, 0.25) is 0 Å². The van der Waals surface area contributed by atoms with Crippen molar-refractivity contribution in [3.8, 4) is 11.5 Å². The van der Waals surface area contributed by atoms with Crippen molar-refractivity contribution in [3.05, 3.63) is 53.3 Å². The smallest absolute Gasteiger partial charge is 0.492 e. The van der Waals surface area contributed by atoms with E-state index in [4.69, 9.17) is 9.47 Å². The average Bonchev–Trinajstić information content (AvgIpc) is 2.48. The fourth-order valence-electron chi connectivity index (χ4n) is 1.91. The predicted molar refractivity (Wildman–Crippen MR) is 78.3 cm³/mol. The number of ether oxygens (including phenoxy) is 2. The van der Waals surface area contributed by atoms with Crippen molar-refractivity contribution < 1.29 is 23.9 Å². The average molecular weight is 290 g/mol. The van der Waals surface area contributed by atoms with E-state index >= 15 is 0 Å². The molecule has 0 bridgehead atoms. The number of methoxy groups -OCH3 is 1. The van der Waals surface area contributed by atoms with Crippen LogP contribution in [-0.2, 0) is 6.61 Å². The van der Waals surface area contributed by atoms with Crippen molar-refractivity contribution in [3.63, 3.8) is 0 Å². The largest absolute Gasteiger partial charge is 0.497 e. The molecule has 0 fully saturated rings. The molecular weight excluding hydrogens is 274 g/mol. The molecule has 6 heteroatoms. The van der Waals surface area contributed by atoms with E-state index in [2.05, 4.69) is 0 Å². The highest BCUT2D eigenvalue weighted by Gasteiger charge is 2.17. The predicted octanol–water partition coefficient (Wildman–Crippen LogP) is 1.40. The van der Waals surface area contributed by atoms with E-state index < -0.39 is 7.12 Å². The number of rotatable bonds is 5. The molecule has 0 aromatic heterocycles. The minimum Gasteiger partial charge on any atom is -0.497 e. The van der Waals surface area contributed by atoms with E-state index in [9.17, 15) is 14.4 Å². The molecule has 2 rings (SSSR count). The standard InChI is InChI=1S/C15H16BFO4/c1-10-3-5-12(8-14(10)17)21-9-11-4-6-15(20-2)13(7-11)16(18)19/h3-8,18-19H,9H2,1-2H3. The normalized spacial score (nSPS) is 10.3. The molecule has 0 aliphatic heterocycles. The molecule has 0 radical (unpaired) electrons. The highest BCUT2D eigenvalue weighted by molar-refractivity contribution is 6.59. The van der Waals surface area contributed by atoms with Gasteiger partial charge in [0.25, 0.3) is 0 Å². The molecule has 0 spiro atoms. The molecule has 0 unspecified atom stereocenters. The quantitative estimate of drug-likeness (QED) is 0.817. The first-order valence-electron chi connectivity index (χ1n) is 6.43. The number of halogens is 1. The van der Waals surface area contributed by atoms with Crippen molar-refractivity contribution in [2.45, 2.75) is 13.5 Å². The van der Waals surface area contributed by atoms with Gasteiger partial charge >= 0.3 is 7.12 Å². The van der Waals surface area contributed by atoms with Gasteiger partial charge in [-0.15, -0.1) is 0 Å². The zero-order chi connectivity index (χ0) is 15.4. The Bertz CT molecular complexity index is 631. The van der Waals surface area contributed by atoms with Gasteiger partial charge in [0.05, 0.1) is 7.11 Å². The van der Waals surface area contributed by atoms with Crippen LogP contribution in [0.4, 0.5) is 4.39 Å². The summed E-state index contributed by atoms with van der Waals surface area (Å²) in [6.07, 6.45) is 0. The van der Waals surface area contributed by atoms with E-state index in [1.165, 1.54) is 13.2 Å². The second-order valence-corrected chi connectivity index (χ2v) is 4.65. The lowest BCUT2D eigenvalue weighted by Gasteiger charge is -2.11. The molecule has 2 N–H and O–H groups in total. The van der Waals surface area contributed by atoms with Crippen molar-refractivity contribution >= 4 is 12.6 Å². The fourth-order valence-corrected chi connectivity index (χ4v) is 1.91. The molecule has 0 aliphatic rings. The molecule has 0 amide bonds. The highest BCUT2D eigenvalue weighted by atomic mass is 19.1. The summed E-state index contributed by atoms with van der Waals surface area (Å²) in [6, 6.07) is 9.60. The van der Waals surface area contributed by atoms with E-state index in [-0.39, 0.29) is 17.9 Å². The minimum atomic E-state index is -1.63. The van der Waals surface area contributed by atoms with Crippen LogP contribution >= 0.6 is 0 Å². The molecule has 2 aromatic rings. The molecule has 0 heterocycles. The molecule has 0 atom stereocenters. The first-order valence-corrected chi connectivity index (χ1v) is 6.43. The highest BCUT2D eigenvalue weighted by Crippen LogP contribution is 2.18. The van der Waals surface area contributed by atoms with Crippen LogP contribution in [0.25, 0.3) is 0 Å². The van der Waals surface area contributed by atoms with Gasteiger partial charge in [-0.05, 0) is 30.2 Å². The lowest BCUT2D eigenvalue weighted by molar-refractivity contribution is 0.304. The zero-order valence-corrected chi connectivity index (χ0v) is 11.8. The molecule has 2 aromatic carbocycles. The summed E-state index contributed by atoms with van der Waals surface area (Å²) in [6.45, 7) is 1.86. The molecule has 0 saturated carbocycles. The van der Waals surface area contributed by atoms with E-state index in [1.54, 1.807) is 37.3 Å². The third-order valence-corrected chi connectivity index (χ3v) is 3.12. The summed E-state index contributed by atoms with van der Waals surface area (Å²) >= 11 is 0. The van der Waals surface area contributed by atoms with Gasteiger partial charge in [0.2, 0.25) is 0 Å². The Morgan fingerprint density at radius 3 is 2.52 bits per heavy atom. The van der Waals surface area contributed by atoms with Crippen LogP contribution in [0.3, 0.4) is 0 Å². The third kappa shape index (κ3) is 3.74. The van der Waals surface area contributed by atoms with Gasteiger partial charge < -0.3 is 19.5 Å². The van der Waals surface area contributed by atoms with E-state index in [0.29, 0.717) is 17.1 Å². The summed E-state index contributed by atoms with van der Waals surface area (Å²) in [5.74, 6) is 0.476. The van der Waals surface area contributed by atoms with Crippen molar-refractivity contribution in [1.29, 1.82) is 0 Å². The Morgan fingerprint density at radius 1 is 1.14 bits per heavy atom. The Labute approximate surface area is 122 Å². The zero-order valence-electron chi connectivity index (χ0n) is 11.8. The Kier molecular flexibility index (Phi) is 4.83. The minimum absolute atomic E-state index is 0.187. The molecule has 4 nitrogen and oxygen atoms in total. The van der Waals surface area contributed by atoms with Gasteiger partial charge in [0, 0.05) is 11.5 Å². The maximum absolute atomic E-state index is 13.4. The van der Waals surface area contributed by atoms with E-state index in [0.717, 1.165) is 5.56 Å². The number of hydrogen-bond donors (Lipinski definition) is 2. The molecule has 110 valence electrons. The van der Waals surface area contributed by atoms with E-state index in [1.807, 2.05) is 0 Å². The van der Waals surface area contributed by atoms with Gasteiger partial charge in [-0.2, -0.15) is 0 Å². The van der Waals surface area contributed by atoms with Crippen molar-refractivity contribution in [2.24, 2.45) is 0 Å². The summed E-state index contributed by atoms with van der Waals surface area (Å²) in [5, 5.41) is 18.6. The first-order chi connectivity index (χ1) is 10.0. The number of benzene rings is 2. The van der Waals surface area contributed by atoms with Crippen LogP contribution in [0.1, 0.15) is 11.1 Å². The van der Waals surface area contributed by atoms with Gasteiger partial charge in [-0.1, -0.05) is 18.2 Å². The Morgan fingerprint density at radius 2 is 1.90 bits per heavy atom. The van der Waals surface area contributed by atoms with Crippen LogP contribution in [0.15, 0.2) is 36.4 Å². The lowest BCUT2D eigenvalue weighted by atomic mass is 9.79. The fraction of sp³-hybridized carbons (Fsp3) is 0.200. The maximum atomic E-state index is 13.4. The maximum Gasteiger partial charge on any atom is 0.492 e. The monoisotopic (exact) mass is 290 g/mol. The number of aryl methyl sites for hydroxylation is 1. The second kappa shape index (κ2) is 6.60. The van der Waals surface area contributed by atoms with Crippen molar-refractivity contribution in [2.75, 3.05) is 7.11 Å². The molecule has 21 heavy (non-hydrogen) atoms. The second-order valence-electron chi connectivity index (χ2n) is 4.65. The molecule has 0 saturated heterocycles. The summed E-state index contributed by atoms with van der Waals surface area (Å²) in [5.41, 5.74) is 1.53. The molecular formula is C15H16BFO4.